The molecule has 1 aromatic carbocycles. The maximum atomic E-state index is 4.71. The lowest BCUT2D eigenvalue weighted by molar-refractivity contribution is 0.425. The second kappa shape index (κ2) is 6.37. The molecule has 2 nitrogen and oxygen atoms in total. The van der Waals surface area contributed by atoms with Crippen LogP contribution in [0.2, 0.25) is 0 Å². The van der Waals surface area contributed by atoms with E-state index in [1.807, 2.05) is 17.4 Å². The highest BCUT2D eigenvalue weighted by atomic mass is 79.9. The van der Waals surface area contributed by atoms with E-state index >= 15 is 0 Å². The van der Waals surface area contributed by atoms with E-state index in [-0.39, 0.29) is 5.54 Å². The lowest BCUT2D eigenvalue weighted by Gasteiger charge is -2.19. The molecule has 20 heavy (non-hydrogen) atoms. The Morgan fingerprint density at radius 2 is 1.95 bits per heavy atom. The molecule has 0 bridgehead atoms. The molecule has 0 amide bonds. The summed E-state index contributed by atoms with van der Waals surface area (Å²) >= 11 is 5.41. The van der Waals surface area contributed by atoms with Crippen LogP contribution in [0, 0.1) is 6.92 Å². The highest BCUT2D eigenvalue weighted by Crippen LogP contribution is 2.24. The van der Waals surface area contributed by atoms with Crippen molar-refractivity contribution in [3.05, 3.63) is 49.9 Å². The topological polar surface area (TPSA) is 24.9 Å². The molecule has 0 aliphatic carbocycles. The Balaban J connectivity index is 2.09. The van der Waals surface area contributed by atoms with E-state index in [9.17, 15) is 0 Å². The highest BCUT2D eigenvalue weighted by Gasteiger charge is 2.13. The summed E-state index contributed by atoms with van der Waals surface area (Å²) in [5.74, 6) is 0. The van der Waals surface area contributed by atoms with Gasteiger partial charge in [-0.15, -0.1) is 11.3 Å². The predicted molar refractivity (Wildman–Crippen MR) is 90.4 cm³/mol. The molecule has 0 unspecified atom stereocenters. The third kappa shape index (κ3) is 4.40. The highest BCUT2D eigenvalue weighted by molar-refractivity contribution is 9.10. The van der Waals surface area contributed by atoms with Crippen molar-refractivity contribution in [2.45, 2.75) is 46.2 Å². The number of aryl methyl sites for hydroxylation is 1. The van der Waals surface area contributed by atoms with Crippen LogP contribution in [0.25, 0.3) is 0 Å². The molecule has 4 heteroatoms. The average Bonchev–Trinajstić information content (AvgIpc) is 2.69. The van der Waals surface area contributed by atoms with E-state index in [1.165, 1.54) is 15.4 Å². The number of aromatic nitrogens is 1. The van der Waals surface area contributed by atoms with Crippen LogP contribution in [0.3, 0.4) is 0 Å². The Labute approximate surface area is 133 Å². The van der Waals surface area contributed by atoms with Crippen molar-refractivity contribution < 1.29 is 0 Å². The van der Waals surface area contributed by atoms with Gasteiger partial charge in [0.15, 0.2) is 0 Å². The Kier molecular flexibility index (Phi) is 4.99. The first-order valence-electron chi connectivity index (χ1n) is 6.79. The van der Waals surface area contributed by atoms with Gasteiger partial charge in [0.25, 0.3) is 0 Å². The smallest absolute Gasteiger partial charge is 0.0975 e. The fourth-order valence-electron chi connectivity index (χ4n) is 1.88. The number of halogens is 1. The molecule has 0 aliphatic heterocycles. The molecule has 1 aromatic heterocycles. The van der Waals surface area contributed by atoms with Gasteiger partial charge in [0.2, 0.25) is 0 Å². The van der Waals surface area contributed by atoms with Crippen LogP contribution in [0.5, 0.6) is 0 Å². The zero-order chi connectivity index (χ0) is 14.8. The SMILES string of the molecule is Cc1nc(Cc2ccccc2Br)sc1CNC(C)(C)C. The van der Waals surface area contributed by atoms with Crippen molar-refractivity contribution >= 4 is 27.3 Å². The third-order valence-electron chi connectivity index (χ3n) is 3.02. The summed E-state index contributed by atoms with van der Waals surface area (Å²) in [6.45, 7) is 9.55. The molecular weight excluding hydrogens is 332 g/mol. The number of nitrogens with one attached hydrogen (secondary N) is 1. The van der Waals surface area contributed by atoms with Crippen LogP contribution in [0.15, 0.2) is 28.7 Å². The van der Waals surface area contributed by atoms with Crippen LogP contribution in [-0.4, -0.2) is 10.5 Å². The van der Waals surface area contributed by atoms with E-state index < -0.39 is 0 Å². The standard InChI is InChI=1S/C16H21BrN2S/c1-11-14(10-18-16(2,3)4)20-15(19-11)9-12-7-5-6-8-13(12)17/h5-8,18H,9-10H2,1-4H3. The molecule has 0 saturated carbocycles. The summed E-state index contributed by atoms with van der Waals surface area (Å²) in [6, 6.07) is 8.34. The molecule has 0 fully saturated rings. The van der Waals surface area contributed by atoms with E-state index in [0.29, 0.717) is 0 Å². The summed E-state index contributed by atoms with van der Waals surface area (Å²) in [5.41, 5.74) is 2.57. The molecule has 0 radical (unpaired) electrons. The number of nitrogens with zero attached hydrogens (tertiary/aromatic N) is 1. The van der Waals surface area contributed by atoms with E-state index in [0.717, 1.165) is 23.1 Å². The fourth-order valence-corrected chi connectivity index (χ4v) is 3.34. The van der Waals surface area contributed by atoms with Crippen molar-refractivity contribution in [2.24, 2.45) is 0 Å². The quantitative estimate of drug-likeness (QED) is 0.862. The van der Waals surface area contributed by atoms with Gasteiger partial charge in [-0.1, -0.05) is 34.1 Å². The molecule has 2 aromatic rings. The monoisotopic (exact) mass is 352 g/mol. The molecular formula is C16H21BrN2S. The van der Waals surface area contributed by atoms with Gasteiger partial charge in [-0.05, 0) is 39.3 Å². The molecule has 0 atom stereocenters. The number of hydrogen-bond donors (Lipinski definition) is 1. The minimum absolute atomic E-state index is 0.138. The van der Waals surface area contributed by atoms with Crippen LogP contribution >= 0.6 is 27.3 Å². The van der Waals surface area contributed by atoms with E-state index in [2.05, 4.69) is 67.1 Å². The van der Waals surface area contributed by atoms with Gasteiger partial charge in [-0.25, -0.2) is 4.98 Å². The summed E-state index contributed by atoms with van der Waals surface area (Å²) in [4.78, 5) is 6.04. The van der Waals surface area contributed by atoms with Gasteiger partial charge in [0, 0.05) is 27.9 Å². The van der Waals surface area contributed by atoms with Gasteiger partial charge in [-0.3, -0.25) is 0 Å². The molecule has 0 spiro atoms. The second-order valence-corrected chi connectivity index (χ2v) is 8.01. The Morgan fingerprint density at radius 1 is 1.25 bits per heavy atom. The zero-order valence-corrected chi connectivity index (χ0v) is 14.9. The van der Waals surface area contributed by atoms with Crippen molar-refractivity contribution in [2.75, 3.05) is 0 Å². The van der Waals surface area contributed by atoms with Gasteiger partial charge in [0.05, 0.1) is 10.7 Å². The lowest BCUT2D eigenvalue weighted by Crippen LogP contribution is -2.34. The summed E-state index contributed by atoms with van der Waals surface area (Å²) < 4.78 is 1.15. The first-order valence-corrected chi connectivity index (χ1v) is 8.40. The number of thiazole rings is 1. The third-order valence-corrected chi connectivity index (χ3v) is 4.95. The summed E-state index contributed by atoms with van der Waals surface area (Å²) in [5, 5.41) is 4.71. The summed E-state index contributed by atoms with van der Waals surface area (Å²) in [6.07, 6.45) is 0.891. The Bertz CT molecular complexity index is 584. The van der Waals surface area contributed by atoms with Crippen LogP contribution in [0.1, 0.15) is 41.9 Å². The average molecular weight is 353 g/mol. The van der Waals surface area contributed by atoms with Crippen LogP contribution in [0.4, 0.5) is 0 Å². The largest absolute Gasteiger partial charge is 0.307 e. The molecule has 2 rings (SSSR count). The predicted octanol–water partition coefficient (Wildman–Crippen LogP) is 4.69. The van der Waals surface area contributed by atoms with Crippen molar-refractivity contribution in [3.63, 3.8) is 0 Å². The van der Waals surface area contributed by atoms with Crippen molar-refractivity contribution in [1.29, 1.82) is 0 Å². The maximum absolute atomic E-state index is 4.71. The minimum Gasteiger partial charge on any atom is -0.307 e. The molecule has 1 N–H and O–H groups in total. The van der Waals surface area contributed by atoms with Crippen LogP contribution < -0.4 is 5.32 Å². The summed E-state index contributed by atoms with van der Waals surface area (Å²) in [7, 11) is 0. The van der Waals surface area contributed by atoms with Gasteiger partial charge in [-0.2, -0.15) is 0 Å². The minimum atomic E-state index is 0.138. The zero-order valence-electron chi connectivity index (χ0n) is 12.5. The maximum Gasteiger partial charge on any atom is 0.0975 e. The number of rotatable bonds is 4. The van der Waals surface area contributed by atoms with Crippen molar-refractivity contribution in [1.82, 2.24) is 10.3 Å². The van der Waals surface area contributed by atoms with Gasteiger partial charge in [0.1, 0.15) is 0 Å². The Morgan fingerprint density at radius 3 is 2.60 bits per heavy atom. The number of benzene rings is 1. The van der Waals surface area contributed by atoms with Gasteiger partial charge >= 0.3 is 0 Å². The normalized spacial score (nSPS) is 11.8. The molecule has 108 valence electrons. The first kappa shape index (κ1) is 15.7. The first-order chi connectivity index (χ1) is 9.35. The Hall–Kier alpha value is -0.710. The van der Waals surface area contributed by atoms with Gasteiger partial charge < -0.3 is 5.32 Å². The fraction of sp³-hybridized carbons (Fsp3) is 0.438. The second-order valence-electron chi connectivity index (χ2n) is 5.99. The lowest BCUT2D eigenvalue weighted by atomic mass is 10.1. The van der Waals surface area contributed by atoms with Crippen molar-refractivity contribution in [3.8, 4) is 0 Å². The molecule has 0 saturated heterocycles. The van der Waals surface area contributed by atoms with E-state index in [4.69, 9.17) is 4.98 Å². The molecule has 0 aliphatic rings. The van der Waals surface area contributed by atoms with Crippen LogP contribution in [-0.2, 0) is 13.0 Å². The van der Waals surface area contributed by atoms with E-state index in [1.54, 1.807) is 0 Å². The number of hydrogen-bond acceptors (Lipinski definition) is 3. The molecule has 1 heterocycles.